The average Bonchev–Trinajstić information content (AvgIpc) is 3.04. The lowest BCUT2D eigenvalue weighted by Gasteiger charge is -2.07. The molecule has 0 aliphatic carbocycles. The monoisotopic (exact) mass is 322 g/mol. The predicted molar refractivity (Wildman–Crippen MR) is 84.0 cm³/mol. The molecule has 0 spiro atoms. The number of furan rings is 1. The fourth-order valence-electron chi connectivity index (χ4n) is 2.13. The summed E-state index contributed by atoms with van der Waals surface area (Å²) in [6, 6.07) is 8.86. The van der Waals surface area contributed by atoms with Crippen molar-refractivity contribution in [3.8, 4) is 0 Å². The number of hydrogen-bond acceptors (Lipinski definition) is 5. The first-order valence-electron chi connectivity index (χ1n) is 6.29. The van der Waals surface area contributed by atoms with E-state index < -0.39 is 10.0 Å². The van der Waals surface area contributed by atoms with E-state index in [1.165, 1.54) is 6.07 Å². The lowest BCUT2D eigenvalue weighted by Crippen LogP contribution is -2.13. The van der Waals surface area contributed by atoms with Crippen LogP contribution in [0.15, 0.2) is 45.0 Å². The van der Waals surface area contributed by atoms with Gasteiger partial charge in [-0.05, 0) is 42.0 Å². The van der Waals surface area contributed by atoms with Crippen LogP contribution in [-0.4, -0.2) is 8.42 Å². The Bertz CT molecular complexity index is 894. The van der Waals surface area contributed by atoms with Gasteiger partial charge in [-0.2, -0.15) is 0 Å². The van der Waals surface area contributed by atoms with Crippen LogP contribution in [0.2, 0.25) is 0 Å². The number of nitrogens with one attached hydrogen (secondary N) is 1. The second kappa shape index (κ2) is 5.18. The highest BCUT2D eigenvalue weighted by Gasteiger charge is 2.21. The number of anilines is 1. The van der Waals surface area contributed by atoms with Crippen molar-refractivity contribution in [3.63, 3.8) is 0 Å². The van der Waals surface area contributed by atoms with Crippen LogP contribution in [0.5, 0.6) is 0 Å². The molecule has 21 heavy (non-hydrogen) atoms. The van der Waals surface area contributed by atoms with Gasteiger partial charge in [0.15, 0.2) is 0 Å². The van der Waals surface area contributed by atoms with Gasteiger partial charge >= 0.3 is 0 Å². The first-order chi connectivity index (χ1) is 9.99. The minimum Gasteiger partial charge on any atom is -0.464 e. The molecule has 1 aromatic carbocycles. The molecule has 110 valence electrons. The maximum Gasteiger partial charge on any atom is 0.265 e. The van der Waals surface area contributed by atoms with E-state index >= 15 is 0 Å². The summed E-state index contributed by atoms with van der Waals surface area (Å²) in [4.78, 5) is 0.119. The van der Waals surface area contributed by atoms with Gasteiger partial charge in [-0.3, -0.25) is 4.72 Å². The molecule has 3 rings (SSSR count). The Morgan fingerprint density at radius 2 is 2.10 bits per heavy atom. The molecule has 7 heteroatoms. The van der Waals surface area contributed by atoms with Crippen molar-refractivity contribution in [2.45, 2.75) is 18.4 Å². The van der Waals surface area contributed by atoms with Crippen LogP contribution in [0.25, 0.3) is 10.1 Å². The van der Waals surface area contributed by atoms with Crippen molar-refractivity contribution < 1.29 is 12.8 Å². The van der Waals surface area contributed by atoms with Crippen LogP contribution in [0, 0.1) is 6.92 Å². The highest BCUT2D eigenvalue weighted by Crippen LogP contribution is 2.27. The molecule has 5 nitrogen and oxygen atoms in total. The summed E-state index contributed by atoms with van der Waals surface area (Å²) in [5.41, 5.74) is 5.99. The van der Waals surface area contributed by atoms with E-state index in [2.05, 4.69) is 4.72 Å². The minimum atomic E-state index is -3.68. The molecule has 0 bridgehead atoms. The summed E-state index contributed by atoms with van der Waals surface area (Å²) < 4.78 is 33.8. The number of aryl methyl sites for hydroxylation is 1. The second-order valence-electron chi connectivity index (χ2n) is 4.62. The van der Waals surface area contributed by atoms with Gasteiger partial charge in [0.2, 0.25) is 0 Å². The van der Waals surface area contributed by atoms with Crippen molar-refractivity contribution in [1.29, 1.82) is 0 Å². The summed E-state index contributed by atoms with van der Waals surface area (Å²) >= 11 is 1.61. The molecule has 0 fully saturated rings. The molecule has 3 N–H and O–H groups in total. The number of thiophene rings is 1. The third-order valence-corrected chi connectivity index (χ3v) is 5.51. The fraction of sp³-hybridized carbons (Fsp3) is 0.143. The summed E-state index contributed by atoms with van der Waals surface area (Å²) in [5, 5.41) is 2.98. The average molecular weight is 322 g/mol. The maximum absolute atomic E-state index is 12.4. The zero-order chi connectivity index (χ0) is 15.0. The summed E-state index contributed by atoms with van der Waals surface area (Å²) in [5.74, 6) is 0.778. The van der Waals surface area contributed by atoms with Crippen LogP contribution in [0.1, 0.15) is 11.5 Å². The van der Waals surface area contributed by atoms with Crippen LogP contribution in [-0.2, 0) is 16.6 Å². The van der Waals surface area contributed by atoms with E-state index in [0.717, 1.165) is 10.1 Å². The zero-order valence-corrected chi connectivity index (χ0v) is 12.9. The standard InChI is InChI=1S/C14H14N2O3S2/c1-9-14(7-12(8-15)19-9)21(17,18)16-11-2-3-13-10(6-11)4-5-20-13/h2-7,16H,8,15H2,1H3. The Morgan fingerprint density at radius 1 is 1.29 bits per heavy atom. The van der Waals surface area contributed by atoms with E-state index in [1.807, 2.05) is 23.6 Å². The maximum atomic E-state index is 12.4. The van der Waals surface area contributed by atoms with Gasteiger partial charge in [0.25, 0.3) is 10.0 Å². The third-order valence-electron chi connectivity index (χ3n) is 3.12. The van der Waals surface area contributed by atoms with Crippen LogP contribution in [0.3, 0.4) is 0 Å². The molecule has 3 aromatic rings. The van der Waals surface area contributed by atoms with Crippen molar-refractivity contribution in [2.75, 3.05) is 4.72 Å². The predicted octanol–water partition coefficient (Wildman–Crippen LogP) is 3.06. The van der Waals surface area contributed by atoms with Crippen LogP contribution in [0.4, 0.5) is 5.69 Å². The molecule has 2 heterocycles. The molecular formula is C14H14N2O3S2. The smallest absolute Gasteiger partial charge is 0.265 e. The number of hydrogen-bond donors (Lipinski definition) is 2. The number of nitrogens with two attached hydrogens (primary N) is 1. The second-order valence-corrected chi connectivity index (χ2v) is 7.21. The lowest BCUT2D eigenvalue weighted by atomic mass is 10.2. The van der Waals surface area contributed by atoms with Crippen molar-refractivity contribution in [2.24, 2.45) is 5.73 Å². The van der Waals surface area contributed by atoms with E-state index in [0.29, 0.717) is 17.2 Å². The van der Waals surface area contributed by atoms with Crippen LogP contribution >= 0.6 is 11.3 Å². The van der Waals surface area contributed by atoms with Crippen LogP contribution < -0.4 is 10.5 Å². The Kier molecular flexibility index (Phi) is 3.48. The zero-order valence-electron chi connectivity index (χ0n) is 11.3. The molecule has 2 aromatic heterocycles. The van der Waals surface area contributed by atoms with Gasteiger partial charge in [-0.25, -0.2) is 8.42 Å². The summed E-state index contributed by atoms with van der Waals surface area (Å²) in [6.45, 7) is 1.77. The van der Waals surface area contributed by atoms with E-state index in [-0.39, 0.29) is 11.4 Å². The Morgan fingerprint density at radius 3 is 2.81 bits per heavy atom. The van der Waals surface area contributed by atoms with Gasteiger partial charge in [0.1, 0.15) is 16.4 Å². The first-order valence-corrected chi connectivity index (χ1v) is 8.65. The minimum absolute atomic E-state index is 0.119. The molecule has 0 unspecified atom stereocenters. The highest BCUT2D eigenvalue weighted by atomic mass is 32.2. The van der Waals surface area contributed by atoms with E-state index in [1.54, 1.807) is 24.3 Å². The number of fused-ring (bicyclic) bond motifs is 1. The van der Waals surface area contributed by atoms with Gasteiger partial charge < -0.3 is 10.2 Å². The fourth-order valence-corrected chi connectivity index (χ4v) is 4.16. The SMILES string of the molecule is Cc1oc(CN)cc1S(=O)(=O)Nc1ccc2sccc2c1. The van der Waals surface area contributed by atoms with Crippen molar-refractivity contribution in [1.82, 2.24) is 0 Å². The summed E-state index contributed by atoms with van der Waals surface area (Å²) in [7, 11) is -3.68. The molecule has 0 aliphatic rings. The quantitative estimate of drug-likeness (QED) is 0.773. The van der Waals surface area contributed by atoms with E-state index in [9.17, 15) is 8.42 Å². The molecule has 0 aliphatic heterocycles. The number of rotatable bonds is 4. The van der Waals surface area contributed by atoms with Gasteiger partial charge in [0.05, 0.1) is 6.54 Å². The van der Waals surface area contributed by atoms with Gasteiger partial charge in [-0.15, -0.1) is 11.3 Å². The highest BCUT2D eigenvalue weighted by molar-refractivity contribution is 7.92. The molecule has 0 radical (unpaired) electrons. The molecule has 0 atom stereocenters. The Labute approximate surface area is 126 Å². The largest absolute Gasteiger partial charge is 0.464 e. The topological polar surface area (TPSA) is 85.3 Å². The van der Waals surface area contributed by atoms with Crippen molar-refractivity contribution in [3.05, 3.63) is 47.2 Å². The van der Waals surface area contributed by atoms with Gasteiger partial charge in [0, 0.05) is 16.5 Å². The van der Waals surface area contributed by atoms with Crippen molar-refractivity contribution >= 4 is 37.1 Å². The number of benzene rings is 1. The third kappa shape index (κ3) is 2.67. The van der Waals surface area contributed by atoms with E-state index in [4.69, 9.17) is 10.2 Å². The van der Waals surface area contributed by atoms with Gasteiger partial charge in [-0.1, -0.05) is 0 Å². The summed E-state index contributed by atoms with van der Waals surface area (Å²) in [6.07, 6.45) is 0. The molecule has 0 amide bonds. The normalized spacial score (nSPS) is 11.9. The lowest BCUT2D eigenvalue weighted by molar-refractivity contribution is 0.479. The molecule has 0 saturated heterocycles. The molecule has 0 saturated carbocycles. The number of sulfonamides is 1. The molecular weight excluding hydrogens is 308 g/mol. The first kappa shape index (κ1) is 14.1. The Hall–Kier alpha value is -1.83. The Balaban J connectivity index is 1.96.